The number of hydrogen-bond acceptors (Lipinski definition) is 4. The summed E-state index contributed by atoms with van der Waals surface area (Å²) in [5.74, 6) is 2.73. The Morgan fingerprint density at radius 1 is 1.35 bits per heavy atom. The lowest BCUT2D eigenvalue weighted by Crippen LogP contribution is -2.36. The van der Waals surface area contributed by atoms with Crippen LogP contribution in [0.4, 0.5) is 0 Å². The molecule has 0 bridgehead atoms. The van der Waals surface area contributed by atoms with E-state index in [2.05, 4.69) is 38.5 Å². The average Bonchev–Trinajstić information content (AvgIpc) is 2.93. The minimum Gasteiger partial charge on any atom is -0.330 e. The molecule has 0 saturated carbocycles. The number of rotatable bonds is 6. The smallest absolute Gasteiger partial charge is 0.189 e. The molecular weight excluding hydrogens is 410 g/mol. The van der Waals surface area contributed by atoms with Gasteiger partial charge in [0.15, 0.2) is 5.43 Å². The van der Waals surface area contributed by atoms with Crippen molar-refractivity contribution in [1.29, 1.82) is 0 Å². The van der Waals surface area contributed by atoms with Crippen molar-refractivity contribution in [3.05, 3.63) is 66.5 Å². The van der Waals surface area contributed by atoms with Gasteiger partial charge in [0, 0.05) is 33.5 Å². The second kappa shape index (κ2) is 8.09. The van der Waals surface area contributed by atoms with Crippen molar-refractivity contribution in [2.45, 2.75) is 19.9 Å². The van der Waals surface area contributed by atoms with Crippen LogP contribution in [0.15, 0.2) is 45.8 Å². The molecule has 2 aromatic heterocycles. The first kappa shape index (κ1) is 18.7. The molecule has 0 fully saturated rings. The van der Waals surface area contributed by atoms with E-state index in [9.17, 15) is 4.79 Å². The van der Waals surface area contributed by atoms with Crippen molar-refractivity contribution >= 4 is 38.2 Å². The average molecular weight is 430 g/mol. The van der Waals surface area contributed by atoms with Crippen molar-refractivity contribution < 1.29 is 0 Å². The van der Waals surface area contributed by atoms with E-state index in [0.717, 1.165) is 33.4 Å². The van der Waals surface area contributed by atoms with E-state index in [-0.39, 0.29) is 5.43 Å². The number of para-hydroxylation sites is 1. The first-order chi connectivity index (χ1) is 12.6. The van der Waals surface area contributed by atoms with Gasteiger partial charge >= 0.3 is 0 Å². The summed E-state index contributed by atoms with van der Waals surface area (Å²) in [5, 5.41) is 2.92. The third kappa shape index (κ3) is 3.56. The number of thiophene rings is 1. The van der Waals surface area contributed by atoms with Crippen molar-refractivity contribution in [2.24, 2.45) is 5.73 Å². The predicted octanol–water partition coefficient (Wildman–Crippen LogP) is 3.60. The molecule has 0 amide bonds. The Morgan fingerprint density at radius 3 is 2.81 bits per heavy atom. The molecule has 134 valence electrons. The Bertz CT molecular complexity index is 1030. The molecule has 26 heavy (non-hydrogen) atoms. The van der Waals surface area contributed by atoms with Gasteiger partial charge in [-0.2, -0.15) is 0 Å². The van der Waals surface area contributed by atoms with Crippen LogP contribution >= 0.6 is 27.3 Å². The minimum atomic E-state index is 0.0280. The van der Waals surface area contributed by atoms with Gasteiger partial charge in [0.05, 0.1) is 16.9 Å². The molecule has 3 aromatic rings. The van der Waals surface area contributed by atoms with Gasteiger partial charge in [-0.15, -0.1) is 17.8 Å². The van der Waals surface area contributed by atoms with E-state index in [1.165, 1.54) is 4.88 Å². The lowest BCUT2D eigenvalue weighted by atomic mass is 10.2. The molecule has 6 heteroatoms. The molecule has 0 aliphatic rings. The fourth-order valence-corrected chi connectivity index (χ4v) is 4.66. The molecule has 1 aromatic carbocycles. The fourth-order valence-electron chi connectivity index (χ4n) is 2.92. The lowest BCUT2D eigenvalue weighted by molar-refractivity contribution is 0.578. The van der Waals surface area contributed by atoms with Crippen molar-refractivity contribution in [3.63, 3.8) is 0 Å². The summed E-state index contributed by atoms with van der Waals surface area (Å²) in [6.07, 6.45) is 8.30. The second-order valence-electron chi connectivity index (χ2n) is 6.01. The summed E-state index contributed by atoms with van der Waals surface area (Å²) >= 11 is 5.21. The van der Waals surface area contributed by atoms with E-state index in [1.807, 2.05) is 30.5 Å². The molecule has 3 rings (SSSR count). The van der Waals surface area contributed by atoms with Gasteiger partial charge in [-0.25, -0.2) is 0 Å². The number of pyridine rings is 1. The SMILES string of the molecule is C#Cc1sc(CN(CCCN)n2ccc(=O)c3ccccc32)c(C)c1Br. The summed E-state index contributed by atoms with van der Waals surface area (Å²) in [5.41, 5.74) is 7.82. The van der Waals surface area contributed by atoms with Gasteiger partial charge < -0.3 is 10.7 Å². The highest BCUT2D eigenvalue weighted by Gasteiger charge is 2.16. The Labute approximate surface area is 165 Å². The first-order valence-corrected chi connectivity index (χ1v) is 9.97. The molecule has 2 N–H and O–H groups in total. The zero-order chi connectivity index (χ0) is 18.7. The van der Waals surface area contributed by atoms with Crippen LogP contribution in [-0.2, 0) is 6.54 Å². The van der Waals surface area contributed by atoms with E-state index in [4.69, 9.17) is 12.2 Å². The molecular formula is C20H20BrN3OS. The highest BCUT2D eigenvalue weighted by molar-refractivity contribution is 9.10. The summed E-state index contributed by atoms with van der Waals surface area (Å²) in [6.45, 7) is 4.16. The van der Waals surface area contributed by atoms with Crippen molar-refractivity contribution in [3.8, 4) is 12.3 Å². The Morgan fingerprint density at radius 2 is 2.12 bits per heavy atom. The van der Waals surface area contributed by atoms with Crippen molar-refractivity contribution in [2.75, 3.05) is 18.1 Å². The molecule has 0 atom stereocenters. The standard InChI is InChI=1S/C20H20BrN3OS/c1-3-18-20(21)14(2)19(26-18)13-23(11-6-10-22)24-12-9-17(25)15-7-4-5-8-16(15)24/h1,4-5,7-9,12H,6,10-11,13,22H2,2H3. The van der Waals surface area contributed by atoms with Crippen LogP contribution in [-0.4, -0.2) is 17.8 Å². The maximum atomic E-state index is 12.2. The minimum absolute atomic E-state index is 0.0280. The molecule has 0 radical (unpaired) electrons. The fraction of sp³-hybridized carbons (Fsp3) is 0.250. The lowest BCUT2D eigenvalue weighted by Gasteiger charge is -2.28. The first-order valence-electron chi connectivity index (χ1n) is 8.37. The van der Waals surface area contributed by atoms with Gasteiger partial charge in [-0.3, -0.25) is 9.47 Å². The van der Waals surface area contributed by atoms with E-state index in [1.54, 1.807) is 17.4 Å². The number of hydrogen-bond donors (Lipinski definition) is 1. The number of halogens is 1. The second-order valence-corrected chi connectivity index (χ2v) is 7.91. The number of benzene rings is 1. The highest BCUT2D eigenvalue weighted by Crippen LogP contribution is 2.33. The van der Waals surface area contributed by atoms with Crippen molar-refractivity contribution in [1.82, 2.24) is 4.68 Å². The normalized spacial score (nSPS) is 10.8. The van der Waals surface area contributed by atoms with Crippen LogP contribution in [0.25, 0.3) is 10.9 Å². The molecule has 0 unspecified atom stereocenters. The number of nitrogens with two attached hydrogens (primary N) is 1. The maximum absolute atomic E-state index is 12.2. The Balaban J connectivity index is 2.07. The number of aromatic nitrogens is 1. The molecule has 4 nitrogen and oxygen atoms in total. The highest BCUT2D eigenvalue weighted by atomic mass is 79.9. The predicted molar refractivity (Wildman–Crippen MR) is 113 cm³/mol. The van der Waals surface area contributed by atoms with Gasteiger partial charge in [0.25, 0.3) is 0 Å². The zero-order valence-electron chi connectivity index (χ0n) is 14.5. The molecule has 2 heterocycles. The third-order valence-corrected chi connectivity index (χ3v) is 6.80. The zero-order valence-corrected chi connectivity index (χ0v) is 16.9. The van der Waals surface area contributed by atoms with Gasteiger partial charge in [0.1, 0.15) is 0 Å². The van der Waals surface area contributed by atoms with E-state index in [0.29, 0.717) is 18.5 Å². The topological polar surface area (TPSA) is 51.3 Å². The Kier molecular flexibility index (Phi) is 5.82. The summed E-state index contributed by atoms with van der Waals surface area (Å²) in [6, 6.07) is 9.28. The molecule has 0 aliphatic heterocycles. The third-order valence-electron chi connectivity index (χ3n) is 4.34. The molecule has 0 saturated heterocycles. The number of fused-ring (bicyclic) bond motifs is 1. The van der Waals surface area contributed by atoms with Gasteiger partial charge in [-0.1, -0.05) is 18.1 Å². The van der Waals surface area contributed by atoms with Crippen LogP contribution in [0.2, 0.25) is 0 Å². The molecule has 0 aliphatic carbocycles. The van der Waals surface area contributed by atoms with E-state index >= 15 is 0 Å². The van der Waals surface area contributed by atoms with Gasteiger partial charge in [0.2, 0.25) is 0 Å². The van der Waals surface area contributed by atoms with E-state index < -0.39 is 0 Å². The maximum Gasteiger partial charge on any atom is 0.189 e. The van der Waals surface area contributed by atoms with Crippen LogP contribution in [0.5, 0.6) is 0 Å². The Hall–Kier alpha value is -2.07. The summed E-state index contributed by atoms with van der Waals surface area (Å²) < 4.78 is 3.04. The summed E-state index contributed by atoms with van der Waals surface area (Å²) in [4.78, 5) is 14.3. The molecule has 0 spiro atoms. The number of terminal acetylenes is 1. The van der Waals surface area contributed by atoms with Crippen LogP contribution in [0.3, 0.4) is 0 Å². The monoisotopic (exact) mass is 429 g/mol. The van der Waals surface area contributed by atoms with Crippen LogP contribution in [0, 0.1) is 19.3 Å². The van der Waals surface area contributed by atoms with Crippen LogP contribution < -0.4 is 16.2 Å². The van der Waals surface area contributed by atoms with Crippen LogP contribution in [0.1, 0.15) is 21.7 Å². The number of nitrogens with zero attached hydrogens (tertiary/aromatic N) is 2. The summed E-state index contributed by atoms with van der Waals surface area (Å²) in [7, 11) is 0. The largest absolute Gasteiger partial charge is 0.330 e. The van der Waals surface area contributed by atoms with Gasteiger partial charge in [-0.05, 0) is 53.5 Å². The quantitative estimate of drug-likeness (QED) is 0.608.